The van der Waals surface area contributed by atoms with Crippen LogP contribution in [0.3, 0.4) is 0 Å². The van der Waals surface area contributed by atoms with Crippen LogP contribution in [0.5, 0.6) is 0 Å². The van der Waals surface area contributed by atoms with E-state index in [9.17, 15) is 4.79 Å². The summed E-state index contributed by atoms with van der Waals surface area (Å²) >= 11 is 6.03. The van der Waals surface area contributed by atoms with Gasteiger partial charge in [-0.25, -0.2) is 0 Å². The van der Waals surface area contributed by atoms with Crippen molar-refractivity contribution in [3.8, 4) is 0 Å². The summed E-state index contributed by atoms with van der Waals surface area (Å²) < 4.78 is 0. The molecule has 2 atom stereocenters. The van der Waals surface area contributed by atoms with Crippen LogP contribution >= 0.6 is 11.6 Å². The molecule has 86 valence electrons. The molecule has 1 aromatic carbocycles. The maximum absolute atomic E-state index is 10.7. The molecule has 0 aliphatic carbocycles. The Labute approximate surface area is 101 Å². The van der Waals surface area contributed by atoms with Gasteiger partial charge in [0.2, 0.25) is 0 Å². The number of halogens is 1. The first-order chi connectivity index (χ1) is 7.61. The van der Waals surface area contributed by atoms with Gasteiger partial charge < -0.3 is 4.90 Å². The Kier molecular flexibility index (Phi) is 3.20. The first-order valence-corrected chi connectivity index (χ1v) is 6.01. The van der Waals surface area contributed by atoms with Crippen LogP contribution < -0.4 is 4.90 Å². The van der Waals surface area contributed by atoms with E-state index in [4.69, 9.17) is 11.6 Å². The van der Waals surface area contributed by atoms with Gasteiger partial charge >= 0.3 is 0 Å². The summed E-state index contributed by atoms with van der Waals surface area (Å²) in [6.07, 6.45) is 2.01. The summed E-state index contributed by atoms with van der Waals surface area (Å²) in [4.78, 5) is 13.0. The highest BCUT2D eigenvalue weighted by molar-refractivity contribution is 6.33. The lowest BCUT2D eigenvalue weighted by Crippen LogP contribution is -2.26. The van der Waals surface area contributed by atoms with Crippen LogP contribution in [-0.4, -0.2) is 18.9 Å². The highest BCUT2D eigenvalue weighted by Crippen LogP contribution is 2.31. The number of hydrogen-bond acceptors (Lipinski definition) is 2. The van der Waals surface area contributed by atoms with E-state index in [1.165, 1.54) is 6.42 Å². The minimum absolute atomic E-state index is 0.541. The Morgan fingerprint density at radius 2 is 2.19 bits per heavy atom. The van der Waals surface area contributed by atoms with Crippen molar-refractivity contribution in [2.45, 2.75) is 26.3 Å². The molecule has 0 bridgehead atoms. The SMILES string of the molecule is CC1CC(C)N(c2ccc(C=O)c(Cl)c2)C1. The lowest BCUT2D eigenvalue weighted by atomic mass is 10.1. The Bertz CT molecular complexity index is 405. The average Bonchev–Trinajstić information content (AvgIpc) is 2.58. The summed E-state index contributed by atoms with van der Waals surface area (Å²) in [5.41, 5.74) is 1.68. The Hall–Kier alpha value is -1.02. The number of anilines is 1. The maximum Gasteiger partial charge on any atom is 0.151 e. The second-order valence-electron chi connectivity index (χ2n) is 4.67. The third kappa shape index (κ3) is 2.07. The fourth-order valence-corrected chi connectivity index (χ4v) is 2.67. The Balaban J connectivity index is 2.28. The van der Waals surface area contributed by atoms with Crippen molar-refractivity contribution in [2.24, 2.45) is 5.92 Å². The largest absolute Gasteiger partial charge is 0.369 e. The third-order valence-electron chi connectivity index (χ3n) is 3.23. The van der Waals surface area contributed by atoms with Gasteiger partial charge in [-0.1, -0.05) is 18.5 Å². The van der Waals surface area contributed by atoms with Crippen molar-refractivity contribution in [2.75, 3.05) is 11.4 Å². The second-order valence-corrected chi connectivity index (χ2v) is 5.07. The van der Waals surface area contributed by atoms with Gasteiger partial charge in [0.25, 0.3) is 0 Å². The minimum Gasteiger partial charge on any atom is -0.369 e. The van der Waals surface area contributed by atoms with Crippen LogP contribution in [0, 0.1) is 5.92 Å². The third-order valence-corrected chi connectivity index (χ3v) is 3.55. The van der Waals surface area contributed by atoms with Gasteiger partial charge in [-0.15, -0.1) is 0 Å². The highest BCUT2D eigenvalue weighted by Gasteiger charge is 2.26. The monoisotopic (exact) mass is 237 g/mol. The van der Waals surface area contributed by atoms with Gasteiger partial charge in [-0.05, 0) is 37.5 Å². The fourth-order valence-electron chi connectivity index (χ4n) is 2.45. The van der Waals surface area contributed by atoms with E-state index < -0.39 is 0 Å². The van der Waals surface area contributed by atoms with Gasteiger partial charge in [0.15, 0.2) is 6.29 Å². The molecule has 0 N–H and O–H groups in total. The molecule has 1 heterocycles. The zero-order valence-electron chi connectivity index (χ0n) is 9.61. The molecular formula is C13H16ClNO. The predicted molar refractivity (Wildman–Crippen MR) is 67.4 cm³/mol. The van der Waals surface area contributed by atoms with E-state index in [0.29, 0.717) is 16.6 Å². The molecule has 2 nitrogen and oxygen atoms in total. The topological polar surface area (TPSA) is 20.3 Å². The zero-order chi connectivity index (χ0) is 11.7. The number of carbonyl (C=O) groups excluding carboxylic acids is 1. The fraction of sp³-hybridized carbons (Fsp3) is 0.462. The number of aldehydes is 1. The number of rotatable bonds is 2. The van der Waals surface area contributed by atoms with Crippen LogP contribution in [0.2, 0.25) is 5.02 Å². The molecule has 1 saturated heterocycles. The zero-order valence-corrected chi connectivity index (χ0v) is 10.4. The van der Waals surface area contributed by atoms with Crippen LogP contribution in [0.1, 0.15) is 30.6 Å². The molecule has 0 saturated carbocycles. The lowest BCUT2D eigenvalue weighted by Gasteiger charge is -2.24. The molecule has 1 aliphatic rings. The Morgan fingerprint density at radius 1 is 1.44 bits per heavy atom. The van der Waals surface area contributed by atoms with Crippen LogP contribution in [0.4, 0.5) is 5.69 Å². The smallest absolute Gasteiger partial charge is 0.151 e. The van der Waals surface area contributed by atoms with Crippen LogP contribution in [-0.2, 0) is 0 Å². The van der Waals surface area contributed by atoms with Crippen LogP contribution in [0.15, 0.2) is 18.2 Å². The normalized spacial score (nSPS) is 24.8. The van der Waals surface area contributed by atoms with E-state index >= 15 is 0 Å². The Morgan fingerprint density at radius 3 is 2.69 bits per heavy atom. The van der Waals surface area contributed by atoms with Gasteiger partial charge in [0.05, 0.1) is 5.02 Å². The molecule has 2 unspecified atom stereocenters. The number of carbonyl (C=O) groups is 1. The molecule has 0 aromatic heterocycles. The first kappa shape index (κ1) is 11.5. The van der Waals surface area contributed by atoms with Crippen molar-refractivity contribution >= 4 is 23.6 Å². The van der Waals surface area contributed by atoms with E-state index in [0.717, 1.165) is 24.4 Å². The predicted octanol–water partition coefficient (Wildman–Crippen LogP) is 3.39. The van der Waals surface area contributed by atoms with Crippen molar-refractivity contribution < 1.29 is 4.79 Å². The summed E-state index contributed by atoms with van der Waals surface area (Å²) in [7, 11) is 0. The van der Waals surface area contributed by atoms with Crippen molar-refractivity contribution in [1.82, 2.24) is 0 Å². The van der Waals surface area contributed by atoms with Gasteiger partial charge in [-0.2, -0.15) is 0 Å². The van der Waals surface area contributed by atoms with Crippen LogP contribution in [0.25, 0.3) is 0 Å². The summed E-state index contributed by atoms with van der Waals surface area (Å²) in [5.74, 6) is 0.722. The summed E-state index contributed by atoms with van der Waals surface area (Å²) in [5, 5.41) is 0.541. The molecule has 0 amide bonds. The minimum atomic E-state index is 0.541. The quantitative estimate of drug-likeness (QED) is 0.735. The van der Waals surface area contributed by atoms with Crippen molar-refractivity contribution in [3.05, 3.63) is 28.8 Å². The molecular weight excluding hydrogens is 222 g/mol. The molecule has 0 spiro atoms. The standard InChI is InChI=1S/C13H16ClNO/c1-9-5-10(2)15(7-9)12-4-3-11(8-16)13(14)6-12/h3-4,6,8-10H,5,7H2,1-2H3. The molecule has 2 rings (SSSR count). The molecule has 0 radical (unpaired) electrons. The molecule has 16 heavy (non-hydrogen) atoms. The van der Waals surface area contributed by atoms with Gasteiger partial charge in [0, 0.05) is 23.8 Å². The van der Waals surface area contributed by atoms with E-state index in [1.807, 2.05) is 12.1 Å². The van der Waals surface area contributed by atoms with Crippen molar-refractivity contribution in [1.29, 1.82) is 0 Å². The summed E-state index contributed by atoms with van der Waals surface area (Å²) in [6, 6.07) is 6.21. The highest BCUT2D eigenvalue weighted by atomic mass is 35.5. The number of nitrogens with zero attached hydrogens (tertiary/aromatic N) is 1. The van der Waals surface area contributed by atoms with Crippen molar-refractivity contribution in [3.63, 3.8) is 0 Å². The van der Waals surface area contributed by atoms with E-state index in [1.54, 1.807) is 6.07 Å². The first-order valence-electron chi connectivity index (χ1n) is 5.63. The number of hydrogen-bond donors (Lipinski definition) is 0. The second kappa shape index (κ2) is 4.46. The summed E-state index contributed by atoms with van der Waals surface area (Å²) in [6.45, 7) is 5.56. The van der Waals surface area contributed by atoms with E-state index in [2.05, 4.69) is 18.7 Å². The molecule has 1 fully saturated rings. The molecule has 1 aliphatic heterocycles. The average molecular weight is 238 g/mol. The number of benzene rings is 1. The maximum atomic E-state index is 10.7. The van der Waals surface area contributed by atoms with E-state index in [-0.39, 0.29) is 0 Å². The lowest BCUT2D eigenvalue weighted by molar-refractivity contribution is 0.112. The molecule has 1 aromatic rings. The van der Waals surface area contributed by atoms with Gasteiger partial charge in [-0.3, -0.25) is 4.79 Å². The molecule has 3 heteroatoms. The van der Waals surface area contributed by atoms with Gasteiger partial charge in [0.1, 0.15) is 0 Å².